The van der Waals surface area contributed by atoms with Crippen LogP contribution in [0.4, 0.5) is 0 Å². The molecule has 1 amide bonds. The fourth-order valence-electron chi connectivity index (χ4n) is 3.39. The van der Waals surface area contributed by atoms with Crippen LogP contribution in [0.2, 0.25) is 0 Å². The van der Waals surface area contributed by atoms with Crippen LogP contribution < -0.4 is 21.9 Å². The number of amides is 1. The third-order valence-electron chi connectivity index (χ3n) is 5.26. The highest BCUT2D eigenvalue weighted by molar-refractivity contribution is 5.95. The van der Waals surface area contributed by atoms with Gasteiger partial charge in [0.15, 0.2) is 11.5 Å². The van der Waals surface area contributed by atoms with Crippen LogP contribution in [0.15, 0.2) is 52.3 Å². The van der Waals surface area contributed by atoms with Gasteiger partial charge in [-0.3, -0.25) is 14.4 Å². The lowest BCUT2D eigenvalue weighted by Gasteiger charge is -2.18. The van der Waals surface area contributed by atoms with E-state index in [0.717, 1.165) is 12.8 Å². The van der Waals surface area contributed by atoms with Gasteiger partial charge in [-0.25, -0.2) is 0 Å². The number of carbonyl (C=O) groups excluding carboxylic acids is 1. The van der Waals surface area contributed by atoms with E-state index in [1.807, 2.05) is 0 Å². The Kier molecular flexibility index (Phi) is 6.79. The van der Waals surface area contributed by atoms with E-state index >= 15 is 0 Å². The maximum Gasteiger partial charge on any atom is 0.251 e. The molecule has 0 saturated heterocycles. The third-order valence-corrected chi connectivity index (χ3v) is 5.26. The van der Waals surface area contributed by atoms with Crippen molar-refractivity contribution in [2.75, 3.05) is 13.1 Å². The molecule has 0 aliphatic carbocycles. The number of nitrogens with one attached hydrogen (secondary N) is 1. The zero-order valence-corrected chi connectivity index (χ0v) is 18.0. The van der Waals surface area contributed by atoms with Crippen molar-refractivity contribution in [3.8, 4) is 22.9 Å². The van der Waals surface area contributed by atoms with E-state index in [9.17, 15) is 24.6 Å². The molecule has 0 bridgehead atoms. The van der Waals surface area contributed by atoms with Crippen LogP contribution in [0, 0.1) is 13.8 Å². The van der Waals surface area contributed by atoms with Crippen LogP contribution >= 0.6 is 0 Å². The zero-order valence-electron chi connectivity index (χ0n) is 18.0. The number of aromatic hydroxyl groups is 2. The van der Waals surface area contributed by atoms with E-state index in [-0.39, 0.29) is 17.4 Å². The van der Waals surface area contributed by atoms with E-state index in [1.165, 1.54) is 24.5 Å². The number of unbranched alkanes of at least 4 members (excludes halogenated alkanes) is 1. The first-order valence-electron chi connectivity index (χ1n) is 10.2. The highest BCUT2D eigenvalue weighted by Gasteiger charge is 2.15. The number of nitrogens with zero attached hydrogens (tertiary/aromatic N) is 2. The van der Waals surface area contributed by atoms with Gasteiger partial charge in [-0.1, -0.05) is 0 Å². The zero-order chi connectivity index (χ0) is 23.4. The van der Waals surface area contributed by atoms with Gasteiger partial charge in [-0.15, -0.1) is 0 Å². The number of benzene rings is 1. The molecule has 9 nitrogen and oxygen atoms in total. The summed E-state index contributed by atoms with van der Waals surface area (Å²) in [6.45, 7) is 4.18. The SMILES string of the molecule is Cc1c(O)c(=O)ccn1-c1cc(C(=O)NCCCCN)cc(-n2ccc(=O)c(O)c2C)c1. The summed E-state index contributed by atoms with van der Waals surface area (Å²) in [5, 5.41) is 23.0. The number of pyridine rings is 2. The number of aromatic nitrogens is 2. The molecule has 0 unspecified atom stereocenters. The van der Waals surface area contributed by atoms with E-state index in [0.29, 0.717) is 41.4 Å². The summed E-state index contributed by atoms with van der Waals surface area (Å²) in [4.78, 5) is 36.4. The van der Waals surface area contributed by atoms with Gasteiger partial charge in [0, 0.05) is 48.0 Å². The van der Waals surface area contributed by atoms with E-state index in [1.54, 1.807) is 41.2 Å². The number of nitrogens with two attached hydrogens (primary N) is 1. The quantitative estimate of drug-likeness (QED) is 0.412. The summed E-state index contributed by atoms with van der Waals surface area (Å²) in [7, 11) is 0. The lowest BCUT2D eigenvalue weighted by molar-refractivity contribution is 0.0953. The van der Waals surface area contributed by atoms with Gasteiger partial charge in [0.25, 0.3) is 5.91 Å². The molecule has 32 heavy (non-hydrogen) atoms. The van der Waals surface area contributed by atoms with E-state index in [2.05, 4.69) is 5.32 Å². The monoisotopic (exact) mass is 438 g/mol. The molecule has 0 fully saturated rings. The van der Waals surface area contributed by atoms with Gasteiger partial charge in [0.2, 0.25) is 10.9 Å². The van der Waals surface area contributed by atoms with Crippen molar-refractivity contribution in [1.29, 1.82) is 0 Å². The van der Waals surface area contributed by atoms with Crippen molar-refractivity contribution >= 4 is 5.91 Å². The Balaban J connectivity index is 2.16. The molecule has 5 N–H and O–H groups in total. The Morgan fingerprint density at radius 1 is 0.906 bits per heavy atom. The molecule has 0 atom stereocenters. The lowest BCUT2D eigenvalue weighted by Crippen LogP contribution is -2.25. The summed E-state index contributed by atoms with van der Waals surface area (Å²) < 4.78 is 3.17. The van der Waals surface area contributed by atoms with Crippen LogP contribution in [0.3, 0.4) is 0 Å². The molecule has 0 aliphatic heterocycles. The van der Waals surface area contributed by atoms with Crippen molar-refractivity contribution in [3.63, 3.8) is 0 Å². The number of carbonyl (C=O) groups is 1. The molecule has 2 aromatic heterocycles. The van der Waals surface area contributed by atoms with Gasteiger partial charge in [0.05, 0.1) is 11.4 Å². The Hall–Kier alpha value is -3.85. The minimum absolute atomic E-state index is 0.309. The molecule has 0 spiro atoms. The normalized spacial score (nSPS) is 10.8. The van der Waals surface area contributed by atoms with Crippen LogP contribution in [0.25, 0.3) is 11.4 Å². The maximum absolute atomic E-state index is 12.8. The second-order valence-corrected chi connectivity index (χ2v) is 7.46. The molecule has 3 rings (SSSR count). The molecule has 168 valence electrons. The van der Waals surface area contributed by atoms with Crippen LogP contribution in [0.5, 0.6) is 11.5 Å². The molecule has 9 heteroatoms. The predicted molar refractivity (Wildman–Crippen MR) is 121 cm³/mol. The summed E-state index contributed by atoms with van der Waals surface area (Å²) >= 11 is 0. The van der Waals surface area contributed by atoms with E-state index in [4.69, 9.17) is 5.73 Å². The average molecular weight is 438 g/mol. The summed E-state index contributed by atoms with van der Waals surface area (Å²) in [6.07, 6.45) is 4.55. The smallest absolute Gasteiger partial charge is 0.251 e. The van der Waals surface area contributed by atoms with Gasteiger partial charge < -0.3 is 30.4 Å². The van der Waals surface area contributed by atoms with Crippen molar-refractivity contribution in [2.24, 2.45) is 5.73 Å². The fraction of sp³-hybridized carbons (Fsp3) is 0.261. The Morgan fingerprint density at radius 2 is 1.41 bits per heavy atom. The van der Waals surface area contributed by atoms with Crippen molar-refractivity contribution in [3.05, 3.63) is 80.1 Å². The standard InChI is InChI=1S/C23H26N4O5/c1-14-21(30)19(28)5-9-26(14)17-11-16(23(32)25-8-4-3-7-24)12-18(13-17)27-10-6-20(29)22(31)15(27)2/h5-6,9-13,30-31H,3-4,7-8,24H2,1-2H3,(H,25,32). The maximum atomic E-state index is 12.8. The highest BCUT2D eigenvalue weighted by atomic mass is 16.3. The summed E-state index contributed by atoms with van der Waals surface area (Å²) in [6, 6.07) is 7.46. The fourth-order valence-corrected chi connectivity index (χ4v) is 3.39. The first-order valence-corrected chi connectivity index (χ1v) is 10.2. The Bertz CT molecular complexity index is 1190. The number of hydrogen-bond donors (Lipinski definition) is 4. The van der Waals surface area contributed by atoms with Crippen LogP contribution in [0.1, 0.15) is 34.6 Å². The molecule has 0 saturated carbocycles. The second kappa shape index (κ2) is 9.52. The average Bonchev–Trinajstić information content (AvgIpc) is 2.78. The van der Waals surface area contributed by atoms with Crippen LogP contribution in [-0.2, 0) is 0 Å². The van der Waals surface area contributed by atoms with Crippen molar-refractivity contribution in [1.82, 2.24) is 14.5 Å². The summed E-state index contributed by atoms with van der Waals surface area (Å²) in [5.41, 5.74) is 6.46. The molecule has 0 radical (unpaired) electrons. The number of rotatable bonds is 7. The first-order chi connectivity index (χ1) is 15.2. The molecular formula is C23H26N4O5. The highest BCUT2D eigenvalue weighted by Crippen LogP contribution is 2.23. The Morgan fingerprint density at radius 3 is 1.88 bits per heavy atom. The third kappa shape index (κ3) is 4.57. The van der Waals surface area contributed by atoms with Gasteiger partial charge in [0.1, 0.15) is 0 Å². The van der Waals surface area contributed by atoms with Gasteiger partial charge in [-0.05, 0) is 51.4 Å². The first kappa shape index (κ1) is 22.8. The Labute approximate surface area is 184 Å². The molecule has 1 aromatic carbocycles. The van der Waals surface area contributed by atoms with Crippen molar-refractivity contribution in [2.45, 2.75) is 26.7 Å². The topological polar surface area (TPSA) is 140 Å². The minimum Gasteiger partial charge on any atom is -0.503 e. The van der Waals surface area contributed by atoms with E-state index < -0.39 is 10.9 Å². The minimum atomic E-state index is -0.506. The molecular weight excluding hydrogens is 412 g/mol. The van der Waals surface area contributed by atoms with Crippen LogP contribution in [-0.4, -0.2) is 38.3 Å². The lowest BCUT2D eigenvalue weighted by atomic mass is 10.1. The molecule has 2 heterocycles. The molecule has 0 aliphatic rings. The predicted octanol–water partition coefficient (Wildman–Crippen LogP) is 1.49. The van der Waals surface area contributed by atoms with Gasteiger partial charge >= 0.3 is 0 Å². The second-order valence-electron chi connectivity index (χ2n) is 7.46. The van der Waals surface area contributed by atoms with Gasteiger partial charge in [-0.2, -0.15) is 0 Å². The summed E-state index contributed by atoms with van der Waals surface area (Å²) in [5.74, 6) is -1.08. The van der Waals surface area contributed by atoms with Crippen molar-refractivity contribution < 1.29 is 15.0 Å². The molecule has 3 aromatic rings. The largest absolute Gasteiger partial charge is 0.503 e. The number of hydrogen-bond acceptors (Lipinski definition) is 6.